The molecule has 3 aliphatic carbocycles. The molecular weight excluding hydrogens is 380 g/mol. The summed E-state index contributed by atoms with van der Waals surface area (Å²) in [7, 11) is 0. The van der Waals surface area contributed by atoms with Gasteiger partial charge >= 0.3 is 0 Å². The Morgan fingerprint density at radius 1 is 0.871 bits per heavy atom. The third-order valence-electron chi connectivity index (χ3n) is 9.19. The molecule has 4 atom stereocenters. The SMILES string of the molecule is C=CC1CC(CO)C1(C)C.CC/C=C1\CC(CO)C1(C)C.CC=C1CC(CC)C1(C)C. The second-order valence-corrected chi connectivity index (χ2v) is 11.6. The third-order valence-corrected chi connectivity index (χ3v) is 9.19. The van der Waals surface area contributed by atoms with Crippen LogP contribution in [-0.4, -0.2) is 23.4 Å². The van der Waals surface area contributed by atoms with Crippen molar-refractivity contribution in [3.63, 3.8) is 0 Å². The smallest absolute Gasteiger partial charge is 0.0470 e. The lowest BCUT2D eigenvalue weighted by atomic mass is 9.55. The van der Waals surface area contributed by atoms with Crippen LogP contribution >= 0.6 is 0 Å². The second kappa shape index (κ2) is 11.3. The summed E-state index contributed by atoms with van der Waals surface area (Å²) in [5, 5.41) is 17.9. The zero-order chi connectivity index (χ0) is 24.0. The number of hydrogen-bond donors (Lipinski definition) is 2. The van der Waals surface area contributed by atoms with Crippen LogP contribution in [0.3, 0.4) is 0 Å². The fraction of sp³-hybridized carbons (Fsp3) is 0.793. The van der Waals surface area contributed by atoms with Gasteiger partial charge in [-0.2, -0.15) is 0 Å². The molecule has 0 aliphatic heterocycles. The first kappa shape index (κ1) is 28.2. The molecule has 3 saturated carbocycles. The van der Waals surface area contributed by atoms with Crippen molar-refractivity contribution in [3.05, 3.63) is 36.0 Å². The molecule has 0 radical (unpaired) electrons. The maximum Gasteiger partial charge on any atom is 0.0470 e. The van der Waals surface area contributed by atoms with E-state index in [1.54, 1.807) is 5.57 Å². The van der Waals surface area contributed by atoms with E-state index in [2.05, 4.69) is 81.0 Å². The molecule has 0 aromatic carbocycles. The topological polar surface area (TPSA) is 40.5 Å². The minimum absolute atomic E-state index is 0.269. The van der Waals surface area contributed by atoms with Gasteiger partial charge in [-0.15, -0.1) is 6.58 Å². The third kappa shape index (κ3) is 5.93. The van der Waals surface area contributed by atoms with Gasteiger partial charge in [0.2, 0.25) is 0 Å². The average Bonchev–Trinajstić information content (AvgIpc) is 2.71. The van der Waals surface area contributed by atoms with Crippen molar-refractivity contribution < 1.29 is 10.2 Å². The van der Waals surface area contributed by atoms with Gasteiger partial charge in [-0.05, 0) is 72.5 Å². The molecule has 4 unspecified atom stereocenters. The molecule has 2 heteroatoms. The minimum Gasteiger partial charge on any atom is -0.396 e. The Morgan fingerprint density at radius 3 is 1.71 bits per heavy atom. The number of rotatable bonds is 5. The van der Waals surface area contributed by atoms with Crippen molar-refractivity contribution in [2.75, 3.05) is 13.2 Å². The van der Waals surface area contributed by atoms with Crippen LogP contribution in [0.5, 0.6) is 0 Å². The van der Waals surface area contributed by atoms with E-state index in [0.717, 1.165) is 25.2 Å². The molecule has 2 N–H and O–H groups in total. The molecule has 0 saturated heterocycles. The number of aliphatic hydroxyl groups excluding tert-OH is 2. The normalized spacial score (nSPS) is 34.2. The van der Waals surface area contributed by atoms with Crippen LogP contribution in [0, 0.1) is 39.9 Å². The largest absolute Gasteiger partial charge is 0.396 e. The highest BCUT2D eigenvalue weighted by Gasteiger charge is 2.45. The summed E-state index contributed by atoms with van der Waals surface area (Å²) in [6.45, 7) is 24.6. The Hall–Kier alpha value is -0.860. The van der Waals surface area contributed by atoms with Crippen molar-refractivity contribution in [1.29, 1.82) is 0 Å². The van der Waals surface area contributed by atoms with Gasteiger partial charge in [0.05, 0.1) is 0 Å². The summed E-state index contributed by atoms with van der Waals surface area (Å²) in [5.41, 5.74) is 4.25. The molecule has 180 valence electrons. The first-order chi connectivity index (χ1) is 14.4. The quantitative estimate of drug-likeness (QED) is 0.440. The molecule has 2 nitrogen and oxygen atoms in total. The zero-order valence-electron chi connectivity index (χ0n) is 22.1. The fourth-order valence-corrected chi connectivity index (χ4v) is 5.63. The van der Waals surface area contributed by atoms with E-state index in [0.29, 0.717) is 36.4 Å². The predicted octanol–water partition coefficient (Wildman–Crippen LogP) is 7.58. The molecule has 31 heavy (non-hydrogen) atoms. The molecule has 0 aromatic rings. The van der Waals surface area contributed by atoms with Crippen molar-refractivity contribution in [2.45, 2.75) is 94.4 Å². The Morgan fingerprint density at radius 2 is 1.39 bits per heavy atom. The predicted molar refractivity (Wildman–Crippen MR) is 136 cm³/mol. The van der Waals surface area contributed by atoms with Crippen molar-refractivity contribution in [3.8, 4) is 0 Å². The van der Waals surface area contributed by atoms with Crippen LogP contribution in [0.2, 0.25) is 0 Å². The fourth-order valence-electron chi connectivity index (χ4n) is 5.63. The van der Waals surface area contributed by atoms with E-state index in [1.165, 1.54) is 18.4 Å². The second-order valence-electron chi connectivity index (χ2n) is 11.6. The highest BCUT2D eigenvalue weighted by molar-refractivity contribution is 5.24. The van der Waals surface area contributed by atoms with Crippen LogP contribution in [0.4, 0.5) is 0 Å². The van der Waals surface area contributed by atoms with Crippen LogP contribution in [-0.2, 0) is 0 Å². The van der Waals surface area contributed by atoms with Crippen LogP contribution in [0.15, 0.2) is 36.0 Å². The zero-order valence-corrected chi connectivity index (χ0v) is 22.1. The first-order valence-electron chi connectivity index (χ1n) is 12.6. The van der Waals surface area contributed by atoms with Gasteiger partial charge in [0.25, 0.3) is 0 Å². The Labute approximate surface area is 193 Å². The first-order valence-corrected chi connectivity index (χ1v) is 12.6. The van der Waals surface area contributed by atoms with E-state index in [4.69, 9.17) is 10.2 Å². The molecule has 3 aliphatic rings. The maximum atomic E-state index is 8.98. The molecule has 3 rings (SSSR count). The Bertz CT molecular complexity index is 635. The summed E-state index contributed by atoms with van der Waals surface area (Å²) in [5.74, 6) is 2.55. The lowest BCUT2D eigenvalue weighted by Gasteiger charge is -2.50. The van der Waals surface area contributed by atoms with Crippen LogP contribution < -0.4 is 0 Å². The van der Waals surface area contributed by atoms with Crippen LogP contribution in [0.1, 0.15) is 94.4 Å². The van der Waals surface area contributed by atoms with Crippen molar-refractivity contribution in [2.24, 2.45) is 39.9 Å². The van der Waals surface area contributed by atoms with E-state index < -0.39 is 0 Å². The summed E-state index contributed by atoms with van der Waals surface area (Å²) < 4.78 is 0. The lowest BCUT2D eigenvalue weighted by molar-refractivity contribution is -0.0258. The van der Waals surface area contributed by atoms with Gasteiger partial charge in [-0.3, -0.25) is 0 Å². The molecule has 0 aromatic heterocycles. The Kier molecular flexibility index (Phi) is 10.3. The molecule has 3 fully saturated rings. The summed E-state index contributed by atoms with van der Waals surface area (Å²) in [6, 6.07) is 0. The van der Waals surface area contributed by atoms with Crippen molar-refractivity contribution in [1.82, 2.24) is 0 Å². The average molecular weight is 433 g/mol. The summed E-state index contributed by atoms with van der Waals surface area (Å²) >= 11 is 0. The van der Waals surface area contributed by atoms with Gasteiger partial charge < -0.3 is 10.2 Å². The number of aliphatic hydroxyl groups is 2. The number of hydrogen-bond acceptors (Lipinski definition) is 2. The maximum absolute atomic E-state index is 8.98. The molecule has 0 spiro atoms. The van der Waals surface area contributed by atoms with Gasteiger partial charge in [0.15, 0.2) is 0 Å². The standard InChI is InChI=1S/C10H18O.C10H18.C9H16O/c1-4-5-8-6-9(7-11)10(8,2)3;1-5-8-7-9(6-2)10(8,3)4;1-4-7-5-8(6-10)9(7,2)3/h5,9,11H,4,6-7H2,1-3H3;5,9H,6-7H2,1-4H3;4,7-8,10H,1,5-6H2,2-3H3/b8-5+;;. The van der Waals surface area contributed by atoms with E-state index in [-0.39, 0.29) is 10.8 Å². The summed E-state index contributed by atoms with van der Waals surface area (Å²) in [6.07, 6.45) is 12.6. The monoisotopic (exact) mass is 432 g/mol. The highest BCUT2D eigenvalue weighted by Crippen LogP contribution is 2.52. The molecule has 0 heterocycles. The van der Waals surface area contributed by atoms with Crippen LogP contribution in [0.25, 0.3) is 0 Å². The summed E-state index contributed by atoms with van der Waals surface area (Å²) in [4.78, 5) is 0. The van der Waals surface area contributed by atoms with Gasteiger partial charge in [0, 0.05) is 13.2 Å². The lowest BCUT2D eigenvalue weighted by Crippen LogP contribution is -2.45. The molecular formula is C29H52O2. The Balaban J connectivity index is 0.000000233. The van der Waals surface area contributed by atoms with Gasteiger partial charge in [-0.25, -0.2) is 0 Å². The van der Waals surface area contributed by atoms with Gasteiger partial charge in [0.1, 0.15) is 0 Å². The minimum atomic E-state index is 0.269. The van der Waals surface area contributed by atoms with E-state index >= 15 is 0 Å². The number of allylic oxidation sites excluding steroid dienone is 5. The van der Waals surface area contributed by atoms with Gasteiger partial charge in [-0.1, -0.05) is 91.2 Å². The molecule has 0 amide bonds. The molecule has 0 bridgehead atoms. The van der Waals surface area contributed by atoms with Crippen molar-refractivity contribution >= 4 is 0 Å². The highest BCUT2D eigenvalue weighted by atomic mass is 16.3. The van der Waals surface area contributed by atoms with E-state index in [1.807, 2.05) is 6.08 Å². The van der Waals surface area contributed by atoms with E-state index in [9.17, 15) is 0 Å².